The van der Waals surface area contributed by atoms with Crippen LogP contribution in [0.1, 0.15) is 0 Å². The van der Waals surface area contributed by atoms with Gasteiger partial charge in [0, 0.05) is 16.5 Å². The molecule has 1 aromatic heterocycles. The Kier molecular flexibility index (Phi) is 2.36. The van der Waals surface area contributed by atoms with Crippen molar-refractivity contribution in [2.24, 2.45) is 0 Å². The van der Waals surface area contributed by atoms with Crippen LogP contribution in [0.2, 0.25) is 0 Å². The van der Waals surface area contributed by atoms with Crippen molar-refractivity contribution in [3.05, 3.63) is 78.6 Å². The molecule has 0 spiro atoms. The van der Waals surface area contributed by atoms with Gasteiger partial charge in [0.1, 0.15) is 5.82 Å². The molecule has 96 valence electrons. The molecule has 0 bridgehead atoms. The first kappa shape index (κ1) is 11.2. The summed E-state index contributed by atoms with van der Waals surface area (Å²) in [6.45, 7) is 0. The summed E-state index contributed by atoms with van der Waals surface area (Å²) in [4.78, 5) is 0. The van der Waals surface area contributed by atoms with Crippen LogP contribution in [0.15, 0.2) is 72.8 Å². The van der Waals surface area contributed by atoms with Gasteiger partial charge in [-0.05, 0) is 36.4 Å². The monoisotopic (exact) mass is 261 g/mol. The van der Waals surface area contributed by atoms with E-state index in [9.17, 15) is 4.39 Å². The molecule has 0 saturated heterocycles. The van der Waals surface area contributed by atoms with E-state index < -0.39 is 0 Å². The number of benzene rings is 3. The number of fused-ring (bicyclic) bond motifs is 3. The van der Waals surface area contributed by atoms with E-state index in [-0.39, 0.29) is 5.82 Å². The van der Waals surface area contributed by atoms with Gasteiger partial charge in [-0.15, -0.1) is 0 Å². The van der Waals surface area contributed by atoms with Crippen molar-refractivity contribution in [3.8, 4) is 5.69 Å². The van der Waals surface area contributed by atoms with E-state index >= 15 is 0 Å². The number of para-hydroxylation sites is 2. The summed E-state index contributed by atoms with van der Waals surface area (Å²) in [5.41, 5.74) is 3.21. The van der Waals surface area contributed by atoms with Crippen LogP contribution in [0.25, 0.3) is 27.5 Å². The lowest BCUT2D eigenvalue weighted by Gasteiger charge is -2.06. The number of rotatable bonds is 1. The van der Waals surface area contributed by atoms with Crippen molar-refractivity contribution < 1.29 is 4.39 Å². The van der Waals surface area contributed by atoms with Crippen LogP contribution in [0.4, 0.5) is 4.39 Å². The molecule has 0 aliphatic carbocycles. The highest BCUT2D eigenvalue weighted by atomic mass is 19.1. The van der Waals surface area contributed by atoms with Crippen LogP contribution in [-0.4, -0.2) is 4.57 Å². The summed E-state index contributed by atoms with van der Waals surface area (Å²) in [6.07, 6.45) is 0. The highest BCUT2D eigenvalue weighted by molar-refractivity contribution is 6.09. The minimum absolute atomic E-state index is 0.200. The van der Waals surface area contributed by atoms with Crippen LogP contribution >= 0.6 is 0 Å². The average Bonchev–Trinajstić information content (AvgIpc) is 2.82. The maximum Gasteiger partial charge on any atom is 0.123 e. The second-order valence-corrected chi connectivity index (χ2v) is 4.85. The fraction of sp³-hybridized carbons (Fsp3) is 0. The second-order valence-electron chi connectivity index (χ2n) is 4.85. The fourth-order valence-corrected chi connectivity index (χ4v) is 2.80. The van der Waals surface area contributed by atoms with Crippen molar-refractivity contribution in [1.29, 1.82) is 0 Å². The van der Waals surface area contributed by atoms with Gasteiger partial charge in [0.05, 0.1) is 11.0 Å². The molecular weight excluding hydrogens is 249 g/mol. The third-order valence-electron chi connectivity index (χ3n) is 3.65. The summed E-state index contributed by atoms with van der Waals surface area (Å²) in [6, 6.07) is 23.2. The minimum atomic E-state index is -0.200. The zero-order valence-corrected chi connectivity index (χ0v) is 10.8. The summed E-state index contributed by atoms with van der Waals surface area (Å²) in [5.74, 6) is -0.200. The van der Waals surface area contributed by atoms with Crippen molar-refractivity contribution in [1.82, 2.24) is 4.57 Å². The third-order valence-corrected chi connectivity index (χ3v) is 3.65. The topological polar surface area (TPSA) is 4.93 Å². The van der Waals surface area contributed by atoms with Crippen LogP contribution in [0.5, 0.6) is 0 Å². The standard InChI is InChI=1S/C18H12FN/c19-13-10-11-18-16(12-13)15-8-4-5-9-17(15)20(18)14-6-2-1-3-7-14/h1-12H. The van der Waals surface area contributed by atoms with E-state index in [1.807, 2.05) is 42.5 Å². The Labute approximate surface area is 115 Å². The van der Waals surface area contributed by atoms with Gasteiger partial charge in [-0.25, -0.2) is 4.39 Å². The van der Waals surface area contributed by atoms with Crippen LogP contribution in [0.3, 0.4) is 0 Å². The Bertz CT molecular complexity index is 907. The second kappa shape index (κ2) is 4.20. The van der Waals surface area contributed by atoms with Crippen molar-refractivity contribution >= 4 is 21.8 Å². The largest absolute Gasteiger partial charge is 0.309 e. The molecule has 2 heteroatoms. The molecule has 4 aromatic rings. The van der Waals surface area contributed by atoms with Crippen LogP contribution in [-0.2, 0) is 0 Å². The van der Waals surface area contributed by atoms with Gasteiger partial charge in [-0.3, -0.25) is 0 Å². The van der Waals surface area contributed by atoms with Crippen molar-refractivity contribution in [3.63, 3.8) is 0 Å². The molecule has 0 unspecified atom stereocenters. The Hall–Kier alpha value is -2.61. The molecular formula is C18H12FN. The van der Waals surface area contributed by atoms with Gasteiger partial charge < -0.3 is 4.57 Å². The molecule has 20 heavy (non-hydrogen) atoms. The van der Waals surface area contributed by atoms with Gasteiger partial charge in [0.25, 0.3) is 0 Å². The molecule has 1 nitrogen and oxygen atoms in total. The lowest BCUT2D eigenvalue weighted by molar-refractivity contribution is 0.629. The summed E-state index contributed by atoms with van der Waals surface area (Å²) in [7, 11) is 0. The smallest absolute Gasteiger partial charge is 0.123 e. The molecule has 0 aliphatic rings. The Morgan fingerprint density at radius 3 is 2.20 bits per heavy atom. The molecule has 0 radical (unpaired) electrons. The fourth-order valence-electron chi connectivity index (χ4n) is 2.80. The van der Waals surface area contributed by atoms with Crippen LogP contribution in [0, 0.1) is 5.82 Å². The Morgan fingerprint density at radius 1 is 0.650 bits per heavy atom. The maximum absolute atomic E-state index is 13.6. The SMILES string of the molecule is Fc1ccc2c(c1)c1ccccc1n2-c1ccccc1. The average molecular weight is 261 g/mol. The van der Waals surface area contributed by atoms with Crippen molar-refractivity contribution in [2.75, 3.05) is 0 Å². The van der Waals surface area contributed by atoms with Crippen molar-refractivity contribution in [2.45, 2.75) is 0 Å². The number of hydrogen-bond donors (Lipinski definition) is 0. The molecule has 0 amide bonds. The first-order chi connectivity index (χ1) is 9.84. The van der Waals surface area contributed by atoms with Gasteiger partial charge in [0.2, 0.25) is 0 Å². The lowest BCUT2D eigenvalue weighted by atomic mass is 10.1. The normalized spacial score (nSPS) is 11.2. The van der Waals surface area contributed by atoms with Gasteiger partial charge >= 0.3 is 0 Å². The van der Waals surface area contributed by atoms with Gasteiger partial charge in [-0.2, -0.15) is 0 Å². The highest BCUT2D eigenvalue weighted by Crippen LogP contribution is 2.32. The predicted molar refractivity (Wildman–Crippen MR) is 80.7 cm³/mol. The molecule has 4 rings (SSSR count). The lowest BCUT2D eigenvalue weighted by Crippen LogP contribution is -1.92. The number of hydrogen-bond acceptors (Lipinski definition) is 0. The Morgan fingerprint density at radius 2 is 1.35 bits per heavy atom. The number of halogens is 1. The van der Waals surface area contributed by atoms with E-state index in [1.165, 1.54) is 6.07 Å². The summed E-state index contributed by atoms with van der Waals surface area (Å²) >= 11 is 0. The molecule has 0 saturated carbocycles. The van der Waals surface area contributed by atoms with E-state index in [0.29, 0.717) is 0 Å². The minimum Gasteiger partial charge on any atom is -0.309 e. The first-order valence-corrected chi connectivity index (χ1v) is 6.59. The molecule has 0 N–H and O–H groups in total. The summed E-state index contributed by atoms with van der Waals surface area (Å²) in [5, 5.41) is 2.02. The first-order valence-electron chi connectivity index (χ1n) is 6.59. The Balaban J connectivity index is 2.22. The summed E-state index contributed by atoms with van der Waals surface area (Å²) < 4.78 is 15.7. The highest BCUT2D eigenvalue weighted by Gasteiger charge is 2.11. The predicted octanol–water partition coefficient (Wildman–Crippen LogP) is 4.92. The van der Waals surface area contributed by atoms with E-state index in [0.717, 1.165) is 27.5 Å². The third kappa shape index (κ3) is 1.55. The number of aromatic nitrogens is 1. The number of nitrogens with zero attached hydrogens (tertiary/aromatic N) is 1. The molecule has 0 fully saturated rings. The van der Waals surface area contributed by atoms with E-state index in [1.54, 1.807) is 6.07 Å². The molecule has 0 atom stereocenters. The van der Waals surface area contributed by atoms with Gasteiger partial charge in [0.15, 0.2) is 0 Å². The van der Waals surface area contributed by atoms with Crippen LogP contribution < -0.4 is 0 Å². The zero-order valence-electron chi connectivity index (χ0n) is 10.8. The van der Waals surface area contributed by atoms with E-state index in [2.05, 4.69) is 22.8 Å². The van der Waals surface area contributed by atoms with Gasteiger partial charge in [-0.1, -0.05) is 36.4 Å². The molecule has 3 aromatic carbocycles. The molecule has 1 heterocycles. The van der Waals surface area contributed by atoms with E-state index in [4.69, 9.17) is 0 Å². The maximum atomic E-state index is 13.6. The molecule has 0 aliphatic heterocycles. The quantitative estimate of drug-likeness (QED) is 0.458. The zero-order chi connectivity index (χ0) is 13.5.